The molecule has 0 spiro atoms. The number of hydrogen-bond donors (Lipinski definition) is 0. The molecule has 21 heavy (non-hydrogen) atoms. The van der Waals surface area contributed by atoms with Gasteiger partial charge >= 0.3 is 0 Å². The zero-order chi connectivity index (χ0) is 14.2. The maximum Gasteiger partial charge on any atom is 0.164 e. The Morgan fingerprint density at radius 3 is 2.71 bits per heavy atom. The van der Waals surface area contributed by atoms with Crippen LogP contribution in [-0.4, -0.2) is 23.6 Å². The Morgan fingerprint density at radius 2 is 1.81 bits per heavy atom. The van der Waals surface area contributed by atoms with E-state index in [1.165, 1.54) is 0 Å². The average Bonchev–Trinajstić information content (AvgIpc) is 2.80. The average molecular weight is 283 g/mol. The number of aromatic nitrogens is 1. The molecule has 4 nitrogen and oxygen atoms in total. The summed E-state index contributed by atoms with van der Waals surface area (Å²) in [6.45, 7) is 1.37. The lowest BCUT2D eigenvalue weighted by Crippen LogP contribution is -2.12. The van der Waals surface area contributed by atoms with Crippen molar-refractivity contribution in [2.75, 3.05) is 13.2 Å². The van der Waals surface area contributed by atoms with E-state index in [-0.39, 0.29) is 5.78 Å². The van der Waals surface area contributed by atoms with Gasteiger partial charge in [-0.3, -0.25) is 4.79 Å². The van der Waals surface area contributed by atoms with Gasteiger partial charge in [0.2, 0.25) is 0 Å². The van der Waals surface area contributed by atoms with E-state index in [4.69, 9.17) is 9.47 Å². The molecule has 108 valence electrons. The molecule has 1 aliphatic carbocycles. The largest absolute Gasteiger partial charge is 0.490 e. The monoisotopic (exact) mass is 283 g/mol. The van der Waals surface area contributed by atoms with Crippen LogP contribution in [0.15, 0.2) is 30.5 Å². The molecule has 0 fully saturated rings. The first-order valence-electron chi connectivity index (χ1n) is 7.46. The standard InChI is InChI=1S/C17H17NO3/c19-15-4-1-3-14-13(15)7-8-18(14)12-5-6-16-17(11-12)21-10-2-9-20-16/h5-8,11H,1-4,9-10H2. The van der Waals surface area contributed by atoms with Crippen LogP contribution in [0.2, 0.25) is 0 Å². The van der Waals surface area contributed by atoms with E-state index in [2.05, 4.69) is 4.57 Å². The highest BCUT2D eigenvalue weighted by Crippen LogP contribution is 2.33. The van der Waals surface area contributed by atoms with Crippen LogP contribution >= 0.6 is 0 Å². The van der Waals surface area contributed by atoms with Crippen molar-refractivity contribution >= 4 is 5.78 Å². The van der Waals surface area contributed by atoms with Gasteiger partial charge in [0, 0.05) is 42.0 Å². The lowest BCUT2D eigenvalue weighted by Gasteiger charge is -2.16. The molecule has 2 aromatic rings. The maximum absolute atomic E-state index is 12.0. The third kappa shape index (κ3) is 2.11. The van der Waals surface area contributed by atoms with Gasteiger partial charge in [-0.05, 0) is 31.0 Å². The summed E-state index contributed by atoms with van der Waals surface area (Å²) in [5.41, 5.74) is 3.00. The summed E-state index contributed by atoms with van der Waals surface area (Å²) < 4.78 is 13.5. The van der Waals surface area contributed by atoms with Gasteiger partial charge in [0.15, 0.2) is 17.3 Å². The molecule has 4 rings (SSSR count). The summed E-state index contributed by atoms with van der Waals surface area (Å²) in [6, 6.07) is 7.90. The first-order chi connectivity index (χ1) is 10.3. The van der Waals surface area contributed by atoms with E-state index in [0.29, 0.717) is 19.6 Å². The number of Topliss-reactive ketones (excluding diaryl/α,β-unsaturated/α-hetero) is 1. The molecule has 1 aromatic heterocycles. The van der Waals surface area contributed by atoms with Crippen LogP contribution in [0.25, 0.3) is 5.69 Å². The topological polar surface area (TPSA) is 40.5 Å². The van der Waals surface area contributed by atoms with Crippen molar-refractivity contribution in [2.24, 2.45) is 0 Å². The number of carbonyl (C=O) groups is 1. The van der Waals surface area contributed by atoms with Crippen LogP contribution in [0.4, 0.5) is 0 Å². The molecule has 0 bridgehead atoms. The third-order valence-electron chi connectivity index (χ3n) is 4.12. The first kappa shape index (κ1) is 12.5. The van der Waals surface area contributed by atoms with Gasteiger partial charge in [-0.2, -0.15) is 0 Å². The second-order valence-corrected chi connectivity index (χ2v) is 5.50. The molecule has 0 unspecified atom stereocenters. The van der Waals surface area contributed by atoms with E-state index in [1.807, 2.05) is 30.5 Å². The van der Waals surface area contributed by atoms with E-state index in [9.17, 15) is 4.79 Å². The fourth-order valence-corrected chi connectivity index (χ4v) is 3.07. The number of benzene rings is 1. The number of ether oxygens (including phenoxy) is 2. The first-order valence-corrected chi connectivity index (χ1v) is 7.46. The Kier molecular flexibility index (Phi) is 2.95. The summed E-state index contributed by atoms with van der Waals surface area (Å²) in [6.07, 6.45) is 5.42. The predicted molar refractivity (Wildman–Crippen MR) is 78.6 cm³/mol. The highest BCUT2D eigenvalue weighted by molar-refractivity contribution is 5.98. The van der Waals surface area contributed by atoms with Gasteiger partial charge in [0.1, 0.15) is 0 Å². The highest BCUT2D eigenvalue weighted by atomic mass is 16.5. The van der Waals surface area contributed by atoms with Crippen molar-refractivity contribution in [2.45, 2.75) is 25.7 Å². The fourth-order valence-electron chi connectivity index (χ4n) is 3.07. The third-order valence-corrected chi connectivity index (χ3v) is 4.12. The maximum atomic E-state index is 12.0. The van der Waals surface area contributed by atoms with Gasteiger partial charge in [0.05, 0.1) is 13.2 Å². The number of fused-ring (bicyclic) bond motifs is 2. The van der Waals surface area contributed by atoms with Crippen molar-refractivity contribution < 1.29 is 14.3 Å². The van der Waals surface area contributed by atoms with Crippen LogP contribution < -0.4 is 9.47 Å². The van der Waals surface area contributed by atoms with Crippen molar-refractivity contribution in [3.63, 3.8) is 0 Å². The second-order valence-electron chi connectivity index (χ2n) is 5.50. The minimum absolute atomic E-state index is 0.254. The zero-order valence-corrected chi connectivity index (χ0v) is 11.8. The Balaban J connectivity index is 1.77. The number of hydrogen-bond acceptors (Lipinski definition) is 3. The molecular weight excluding hydrogens is 266 g/mol. The second kappa shape index (κ2) is 4.95. The van der Waals surface area contributed by atoms with E-state index in [0.717, 1.165) is 47.7 Å². The molecular formula is C17H17NO3. The summed E-state index contributed by atoms with van der Waals surface area (Å²) in [5.74, 6) is 1.84. The molecule has 0 radical (unpaired) electrons. The normalized spacial score (nSPS) is 17.2. The molecule has 2 aliphatic rings. The minimum Gasteiger partial charge on any atom is -0.490 e. The molecule has 0 saturated heterocycles. The Morgan fingerprint density at radius 1 is 0.952 bits per heavy atom. The predicted octanol–water partition coefficient (Wildman–Crippen LogP) is 3.16. The summed E-state index contributed by atoms with van der Waals surface area (Å²) in [5, 5.41) is 0. The smallest absolute Gasteiger partial charge is 0.164 e. The molecule has 0 atom stereocenters. The summed E-state index contributed by atoms with van der Waals surface area (Å²) >= 11 is 0. The zero-order valence-electron chi connectivity index (χ0n) is 11.8. The summed E-state index contributed by atoms with van der Waals surface area (Å²) in [4.78, 5) is 12.0. The van der Waals surface area contributed by atoms with Crippen molar-refractivity contribution in [3.8, 4) is 17.2 Å². The SMILES string of the molecule is O=C1CCCc2c1ccn2-c1ccc2c(c1)OCCCO2. The fraction of sp³-hybridized carbons (Fsp3) is 0.353. The molecule has 2 heterocycles. The van der Waals surface area contributed by atoms with Gasteiger partial charge in [-0.15, -0.1) is 0 Å². The van der Waals surface area contributed by atoms with Gasteiger partial charge in [-0.25, -0.2) is 0 Å². The van der Waals surface area contributed by atoms with Crippen molar-refractivity contribution in [1.82, 2.24) is 4.57 Å². The van der Waals surface area contributed by atoms with Gasteiger partial charge in [-0.1, -0.05) is 0 Å². The van der Waals surface area contributed by atoms with E-state index >= 15 is 0 Å². The molecule has 0 amide bonds. The van der Waals surface area contributed by atoms with Gasteiger partial charge < -0.3 is 14.0 Å². The number of nitrogens with zero attached hydrogens (tertiary/aromatic N) is 1. The Hall–Kier alpha value is -2.23. The summed E-state index contributed by atoms with van der Waals surface area (Å²) in [7, 11) is 0. The lowest BCUT2D eigenvalue weighted by atomic mass is 9.97. The van der Waals surface area contributed by atoms with E-state index < -0.39 is 0 Å². The van der Waals surface area contributed by atoms with E-state index in [1.54, 1.807) is 0 Å². The quantitative estimate of drug-likeness (QED) is 0.807. The van der Waals surface area contributed by atoms with Crippen LogP contribution in [0.1, 0.15) is 35.3 Å². The molecule has 0 saturated carbocycles. The Bertz CT molecular complexity index is 702. The molecule has 0 N–H and O–H groups in total. The molecule has 1 aromatic carbocycles. The van der Waals surface area contributed by atoms with Crippen LogP contribution in [0, 0.1) is 0 Å². The van der Waals surface area contributed by atoms with Crippen LogP contribution in [0.5, 0.6) is 11.5 Å². The number of carbonyl (C=O) groups excluding carboxylic acids is 1. The Labute approximate surface area is 123 Å². The number of rotatable bonds is 1. The number of ketones is 1. The van der Waals surface area contributed by atoms with Crippen molar-refractivity contribution in [1.29, 1.82) is 0 Å². The van der Waals surface area contributed by atoms with Crippen molar-refractivity contribution in [3.05, 3.63) is 41.7 Å². The van der Waals surface area contributed by atoms with Crippen LogP contribution in [0.3, 0.4) is 0 Å². The lowest BCUT2D eigenvalue weighted by molar-refractivity contribution is 0.0972. The highest BCUT2D eigenvalue weighted by Gasteiger charge is 2.21. The molecule has 1 aliphatic heterocycles. The van der Waals surface area contributed by atoms with Crippen LogP contribution in [-0.2, 0) is 6.42 Å². The van der Waals surface area contributed by atoms with Gasteiger partial charge in [0.25, 0.3) is 0 Å². The minimum atomic E-state index is 0.254. The molecule has 4 heteroatoms.